The fraction of sp³-hybridized carbons (Fsp3) is 0.304. The molecule has 0 aliphatic heterocycles. The van der Waals surface area contributed by atoms with E-state index in [1.807, 2.05) is 36.5 Å². The first-order chi connectivity index (χ1) is 13.8. The molecule has 0 radical (unpaired) electrons. The van der Waals surface area contributed by atoms with Crippen LogP contribution in [0.15, 0.2) is 54.7 Å². The van der Waals surface area contributed by atoms with Gasteiger partial charge < -0.3 is 19.8 Å². The number of alkyl carbamates (subject to hydrolysis) is 1. The van der Waals surface area contributed by atoms with Gasteiger partial charge in [0, 0.05) is 23.6 Å². The van der Waals surface area contributed by atoms with Gasteiger partial charge >= 0.3 is 12.1 Å². The molecule has 0 saturated carbocycles. The van der Waals surface area contributed by atoms with Crippen molar-refractivity contribution < 1.29 is 19.1 Å². The minimum absolute atomic E-state index is 0.282. The Morgan fingerprint density at radius 1 is 1.07 bits per heavy atom. The van der Waals surface area contributed by atoms with Gasteiger partial charge in [-0.2, -0.15) is 0 Å². The molecule has 3 rings (SSSR count). The molecule has 0 aliphatic carbocycles. The summed E-state index contributed by atoms with van der Waals surface area (Å²) in [6.07, 6.45) is 1.49. The van der Waals surface area contributed by atoms with E-state index < -0.39 is 23.7 Å². The standard InChI is InChI=1S/C23H26N2O4/c1-23(2,3)29-22(27)25-19(21(26)28-4)13-16-14-24-20-17(11-8-12-18(16)20)15-9-6-5-7-10-15/h5-12,14,19,24H,13H2,1-4H3,(H,25,27). The van der Waals surface area contributed by atoms with Crippen LogP contribution in [0, 0.1) is 0 Å². The van der Waals surface area contributed by atoms with Crippen molar-refractivity contribution in [2.45, 2.75) is 38.8 Å². The van der Waals surface area contributed by atoms with Crippen LogP contribution in [0.5, 0.6) is 0 Å². The molecule has 152 valence electrons. The third-order valence-electron chi connectivity index (χ3n) is 4.49. The van der Waals surface area contributed by atoms with Crippen LogP contribution in [-0.4, -0.2) is 35.8 Å². The van der Waals surface area contributed by atoms with E-state index in [2.05, 4.69) is 28.5 Å². The summed E-state index contributed by atoms with van der Waals surface area (Å²) in [4.78, 5) is 27.7. The van der Waals surface area contributed by atoms with Gasteiger partial charge in [-0.15, -0.1) is 0 Å². The Morgan fingerprint density at radius 3 is 2.45 bits per heavy atom. The van der Waals surface area contributed by atoms with Crippen molar-refractivity contribution in [3.05, 3.63) is 60.3 Å². The molecule has 3 aromatic rings. The number of methoxy groups -OCH3 is 1. The van der Waals surface area contributed by atoms with Gasteiger partial charge in [-0.25, -0.2) is 9.59 Å². The number of aromatic nitrogens is 1. The van der Waals surface area contributed by atoms with Crippen molar-refractivity contribution in [2.24, 2.45) is 0 Å². The van der Waals surface area contributed by atoms with Crippen molar-refractivity contribution in [1.29, 1.82) is 0 Å². The molecule has 1 atom stereocenters. The van der Waals surface area contributed by atoms with E-state index in [4.69, 9.17) is 9.47 Å². The number of ether oxygens (including phenoxy) is 2. The molecule has 1 unspecified atom stereocenters. The van der Waals surface area contributed by atoms with Gasteiger partial charge in [0.25, 0.3) is 0 Å². The summed E-state index contributed by atoms with van der Waals surface area (Å²) < 4.78 is 10.2. The summed E-state index contributed by atoms with van der Waals surface area (Å²) in [7, 11) is 1.30. The lowest BCUT2D eigenvalue weighted by atomic mass is 10.00. The number of aromatic amines is 1. The third-order valence-corrected chi connectivity index (χ3v) is 4.49. The summed E-state index contributed by atoms with van der Waals surface area (Å²) >= 11 is 0. The van der Waals surface area contributed by atoms with Crippen LogP contribution in [0.3, 0.4) is 0 Å². The van der Waals surface area contributed by atoms with Crippen LogP contribution in [0.2, 0.25) is 0 Å². The van der Waals surface area contributed by atoms with E-state index in [0.717, 1.165) is 27.6 Å². The molecule has 0 spiro atoms. The number of hydrogen-bond donors (Lipinski definition) is 2. The topological polar surface area (TPSA) is 80.4 Å². The van der Waals surface area contributed by atoms with E-state index >= 15 is 0 Å². The maximum Gasteiger partial charge on any atom is 0.408 e. The minimum atomic E-state index is -0.853. The predicted octanol–water partition coefficient (Wildman–Crippen LogP) is 4.44. The number of benzene rings is 2. The van der Waals surface area contributed by atoms with Gasteiger partial charge in [0.2, 0.25) is 0 Å². The molecule has 6 nitrogen and oxygen atoms in total. The molecular formula is C23H26N2O4. The zero-order valence-corrected chi connectivity index (χ0v) is 17.1. The highest BCUT2D eigenvalue weighted by atomic mass is 16.6. The van der Waals surface area contributed by atoms with Crippen molar-refractivity contribution in [1.82, 2.24) is 10.3 Å². The first kappa shape index (κ1) is 20.5. The van der Waals surface area contributed by atoms with Gasteiger partial charge in [-0.1, -0.05) is 48.5 Å². The second-order valence-corrected chi connectivity index (χ2v) is 7.83. The Balaban J connectivity index is 1.89. The minimum Gasteiger partial charge on any atom is -0.467 e. The number of nitrogens with one attached hydrogen (secondary N) is 2. The van der Waals surface area contributed by atoms with Crippen LogP contribution in [0.1, 0.15) is 26.3 Å². The first-order valence-electron chi connectivity index (χ1n) is 9.50. The molecule has 1 heterocycles. The van der Waals surface area contributed by atoms with Crippen LogP contribution >= 0.6 is 0 Å². The lowest BCUT2D eigenvalue weighted by Crippen LogP contribution is -2.45. The molecule has 0 fully saturated rings. The Morgan fingerprint density at radius 2 is 1.79 bits per heavy atom. The summed E-state index contributed by atoms with van der Waals surface area (Å²) in [6, 6.07) is 15.3. The molecule has 0 saturated heterocycles. The predicted molar refractivity (Wildman–Crippen MR) is 113 cm³/mol. The largest absolute Gasteiger partial charge is 0.467 e. The van der Waals surface area contributed by atoms with E-state index in [1.165, 1.54) is 7.11 Å². The van der Waals surface area contributed by atoms with Crippen LogP contribution in [-0.2, 0) is 20.7 Å². The maximum absolute atomic E-state index is 12.3. The van der Waals surface area contributed by atoms with Crippen molar-refractivity contribution in [3.8, 4) is 11.1 Å². The summed E-state index contributed by atoms with van der Waals surface area (Å²) in [5.41, 5.74) is 3.40. The van der Waals surface area contributed by atoms with E-state index in [-0.39, 0.29) is 6.42 Å². The molecule has 1 amide bonds. The number of rotatable bonds is 5. The van der Waals surface area contributed by atoms with Crippen molar-refractivity contribution in [3.63, 3.8) is 0 Å². The summed E-state index contributed by atoms with van der Waals surface area (Å²) in [6.45, 7) is 5.31. The molecular weight excluding hydrogens is 368 g/mol. The smallest absolute Gasteiger partial charge is 0.408 e. The first-order valence-corrected chi connectivity index (χ1v) is 9.50. The summed E-state index contributed by atoms with van der Waals surface area (Å²) in [5, 5.41) is 3.62. The average Bonchev–Trinajstić information content (AvgIpc) is 3.09. The fourth-order valence-electron chi connectivity index (χ4n) is 3.24. The average molecular weight is 394 g/mol. The highest BCUT2D eigenvalue weighted by molar-refractivity contribution is 5.96. The van der Waals surface area contributed by atoms with Crippen LogP contribution in [0.25, 0.3) is 22.0 Å². The Labute approximate surface area is 170 Å². The van der Waals surface area contributed by atoms with Gasteiger partial charge in [0.15, 0.2) is 0 Å². The Hall–Kier alpha value is -3.28. The van der Waals surface area contributed by atoms with E-state index in [1.54, 1.807) is 20.8 Å². The van der Waals surface area contributed by atoms with Crippen LogP contribution < -0.4 is 5.32 Å². The number of fused-ring (bicyclic) bond motifs is 1. The van der Waals surface area contributed by atoms with Crippen molar-refractivity contribution in [2.75, 3.05) is 7.11 Å². The van der Waals surface area contributed by atoms with Crippen molar-refractivity contribution >= 4 is 23.0 Å². The number of esters is 1. The number of H-pyrrole nitrogens is 1. The Kier molecular flexibility index (Phi) is 5.92. The highest BCUT2D eigenvalue weighted by Crippen LogP contribution is 2.30. The summed E-state index contributed by atoms with van der Waals surface area (Å²) in [5.74, 6) is -0.524. The second-order valence-electron chi connectivity index (χ2n) is 7.83. The molecule has 6 heteroatoms. The quantitative estimate of drug-likeness (QED) is 0.627. The normalized spacial score (nSPS) is 12.4. The SMILES string of the molecule is COC(=O)C(Cc1c[nH]c2c(-c3ccccc3)cccc12)NC(=O)OC(C)(C)C. The lowest BCUT2D eigenvalue weighted by Gasteiger charge is -2.22. The lowest BCUT2D eigenvalue weighted by molar-refractivity contribution is -0.143. The van der Waals surface area contributed by atoms with E-state index in [9.17, 15) is 9.59 Å². The van der Waals surface area contributed by atoms with Gasteiger partial charge in [-0.3, -0.25) is 0 Å². The number of carbonyl (C=O) groups excluding carboxylic acids is 2. The number of hydrogen-bond acceptors (Lipinski definition) is 4. The fourth-order valence-corrected chi connectivity index (χ4v) is 3.24. The van der Waals surface area contributed by atoms with Gasteiger partial charge in [0.05, 0.1) is 12.6 Å². The molecule has 0 bridgehead atoms. The zero-order chi connectivity index (χ0) is 21.0. The third kappa shape index (κ3) is 4.96. The molecule has 0 aliphatic rings. The number of carbonyl (C=O) groups is 2. The van der Waals surface area contributed by atoms with E-state index in [0.29, 0.717) is 0 Å². The molecule has 2 N–H and O–H groups in total. The number of para-hydroxylation sites is 1. The highest BCUT2D eigenvalue weighted by Gasteiger charge is 2.26. The second kappa shape index (κ2) is 8.39. The number of amides is 1. The van der Waals surface area contributed by atoms with Gasteiger partial charge in [-0.05, 0) is 31.9 Å². The molecule has 1 aromatic heterocycles. The van der Waals surface area contributed by atoms with Gasteiger partial charge in [0.1, 0.15) is 11.6 Å². The molecule has 2 aromatic carbocycles. The monoisotopic (exact) mass is 394 g/mol. The zero-order valence-electron chi connectivity index (χ0n) is 17.1. The molecule has 29 heavy (non-hydrogen) atoms. The Bertz CT molecular complexity index is 1000. The van der Waals surface area contributed by atoms with Crippen LogP contribution in [0.4, 0.5) is 4.79 Å². The maximum atomic E-state index is 12.3.